The molecule has 1 saturated heterocycles. The number of piperidine rings is 1. The monoisotopic (exact) mass is 409 g/mol. The number of carbonyl (C=O) groups excluding carboxylic acids is 2. The Hall–Kier alpha value is -1.90. The molecule has 0 saturated carbocycles. The number of nitrogens with zero attached hydrogens (tertiary/aromatic N) is 2. The molecule has 7 nitrogen and oxygen atoms in total. The van der Waals surface area contributed by atoms with Gasteiger partial charge in [-0.2, -0.15) is 5.10 Å². The van der Waals surface area contributed by atoms with Gasteiger partial charge in [-0.05, 0) is 31.9 Å². The molecule has 0 spiro atoms. The average Bonchev–Trinajstić information content (AvgIpc) is 3.28. The topological polar surface area (TPSA) is 90.1 Å². The number of thiophene rings is 1. The molecule has 0 atom stereocenters. The molecule has 0 bridgehead atoms. The molecule has 146 valence electrons. The Labute approximate surface area is 168 Å². The zero-order valence-electron chi connectivity index (χ0n) is 15.2. The van der Waals surface area contributed by atoms with Crippen LogP contribution < -0.4 is 10.6 Å². The highest BCUT2D eigenvalue weighted by atomic mass is 35.5. The number of likely N-dealkylation sites (tertiary alicyclic amines) is 1. The van der Waals surface area contributed by atoms with Gasteiger partial charge in [0.25, 0.3) is 11.8 Å². The summed E-state index contributed by atoms with van der Waals surface area (Å²) in [5, 5.41) is 13.7. The zero-order valence-corrected chi connectivity index (χ0v) is 16.8. The summed E-state index contributed by atoms with van der Waals surface area (Å²) in [6.07, 6.45) is 2.42. The molecular weight excluding hydrogens is 386 g/mol. The van der Waals surface area contributed by atoms with Crippen LogP contribution in [0.1, 0.15) is 49.1 Å². The maximum absolute atomic E-state index is 12.8. The molecule has 27 heavy (non-hydrogen) atoms. The van der Waals surface area contributed by atoms with Crippen LogP contribution in [0, 0.1) is 6.92 Å². The predicted molar refractivity (Wildman–Crippen MR) is 107 cm³/mol. The standard InChI is InChI=1S/C18H23N5O2S.ClH/c1-11-2-3-15(26-11)17(24)20-12-5-8-23(9-6-12)18(25)16-13-10-19-7-4-14(13)21-22-16;/h2-3,12,19H,4-10H2,1H3,(H,20,24)(H,21,22);1H. The number of hydrogen-bond donors (Lipinski definition) is 3. The number of nitrogens with one attached hydrogen (secondary N) is 3. The molecule has 2 aromatic heterocycles. The van der Waals surface area contributed by atoms with Crippen molar-refractivity contribution in [2.24, 2.45) is 0 Å². The van der Waals surface area contributed by atoms with E-state index in [1.807, 2.05) is 24.0 Å². The number of amides is 2. The second kappa shape index (κ2) is 8.41. The van der Waals surface area contributed by atoms with E-state index < -0.39 is 0 Å². The van der Waals surface area contributed by atoms with Crippen LogP contribution in [0.25, 0.3) is 0 Å². The van der Waals surface area contributed by atoms with E-state index >= 15 is 0 Å². The van der Waals surface area contributed by atoms with Crippen molar-refractivity contribution < 1.29 is 9.59 Å². The number of rotatable bonds is 3. The highest BCUT2D eigenvalue weighted by Crippen LogP contribution is 2.20. The third kappa shape index (κ3) is 4.17. The minimum absolute atomic E-state index is 0. The van der Waals surface area contributed by atoms with Crippen LogP contribution in [0.15, 0.2) is 12.1 Å². The normalized spacial score (nSPS) is 17.1. The van der Waals surface area contributed by atoms with E-state index in [0.717, 1.165) is 46.8 Å². The van der Waals surface area contributed by atoms with E-state index in [2.05, 4.69) is 20.8 Å². The first-order chi connectivity index (χ1) is 12.6. The summed E-state index contributed by atoms with van der Waals surface area (Å²) in [6.45, 7) is 4.89. The van der Waals surface area contributed by atoms with Crippen LogP contribution in [0.4, 0.5) is 0 Å². The average molecular weight is 410 g/mol. The molecule has 0 aromatic carbocycles. The Morgan fingerprint density at radius 3 is 2.78 bits per heavy atom. The van der Waals surface area contributed by atoms with Gasteiger partial charge in [0.1, 0.15) is 0 Å². The van der Waals surface area contributed by atoms with Crippen molar-refractivity contribution in [3.05, 3.63) is 38.8 Å². The predicted octanol–water partition coefficient (Wildman–Crippen LogP) is 1.88. The number of carbonyl (C=O) groups is 2. The molecule has 2 aliphatic rings. The molecule has 1 fully saturated rings. The van der Waals surface area contributed by atoms with Gasteiger partial charge in [-0.1, -0.05) is 0 Å². The Morgan fingerprint density at radius 1 is 1.30 bits per heavy atom. The summed E-state index contributed by atoms with van der Waals surface area (Å²) in [4.78, 5) is 28.8. The Balaban J connectivity index is 0.00000210. The lowest BCUT2D eigenvalue weighted by Crippen LogP contribution is -2.46. The molecular formula is C18H24ClN5O2S. The van der Waals surface area contributed by atoms with Crippen LogP contribution >= 0.6 is 23.7 Å². The summed E-state index contributed by atoms with van der Waals surface area (Å²) >= 11 is 1.51. The van der Waals surface area contributed by atoms with E-state index in [1.54, 1.807) is 0 Å². The third-order valence-electron chi connectivity index (χ3n) is 5.09. The lowest BCUT2D eigenvalue weighted by Gasteiger charge is -2.32. The van der Waals surface area contributed by atoms with Crippen molar-refractivity contribution in [1.82, 2.24) is 25.7 Å². The van der Waals surface area contributed by atoms with Crippen molar-refractivity contribution >= 4 is 35.6 Å². The zero-order chi connectivity index (χ0) is 18.1. The van der Waals surface area contributed by atoms with Crippen LogP contribution in [0.3, 0.4) is 0 Å². The molecule has 3 N–H and O–H groups in total. The number of halogens is 1. The third-order valence-corrected chi connectivity index (χ3v) is 6.09. The molecule has 2 aromatic rings. The summed E-state index contributed by atoms with van der Waals surface area (Å²) < 4.78 is 0. The van der Waals surface area contributed by atoms with E-state index in [0.29, 0.717) is 25.3 Å². The molecule has 2 aliphatic heterocycles. The van der Waals surface area contributed by atoms with Gasteiger partial charge >= 0.3 is 0 Å². The van der Waals surface area contributed by atoms with Crippen LogP contribution in [-0.4, -0.2) is 52.6 Å². The smallest absolute Gasteiger partial charge is 0.274 e. The highest BCUT2D eigenvalue weighted by Gasteiger charge is 2.29. The minimum Gasteiger partial charge on any atom is -0.348 e. The summed E-state index contributed by atoms with van der Waals surface area (Å²) in [5.41, 5.74) is 2.62. The SMILES string of the molecule is Cc1ccc(C(=O)NC2CCN(C(=O)c3n[nH]c4c3CNCC4)CC2)s1.Cl. The van der Waals surface area contributed by atoms with Gasteiger partial charge in [-0.25, -0.2) is 0 Å². The first-order valence-corrected chi connectivity index (χ1v) is 9.87. The minimum atomic E-state index is -0.0136. The van der Waals surface area contributed by atoms with Crippen molar-refractivity contribution in [1.29, 1.82) is 0 Å². The molecule has 0 unspecified atom stereocenters. The Kier molecular flexibility index (Phi) is 6.18. The van der Waals surface area contributed by atoms with Crippen molar-refractivity contribution in [3.8, 4) is 0 Å². The summed E-state index contributed by atoms with van der Waals surface area (Å²) in [7, 11) is 0. The van der Waals surface area contributed by atoms with Crippen molar-refractivity contribution in [3.63, 3.8) is 0 Å². The summed E-state index contributed by atoms with van der Waals surface area (Å²) in [6, 6.07) is 3.94. The maximum Gasteiger partial charge on any atom is 0.274 e. The number of aromatic amines is 1. The molecule has 4 rings (SSSR count). The Bertz CT molecular complexity index is 826. The quantitative estimate of drug-likeness (QED) is 0.722. The fourth-order valence-corrected chi connectivity index (χ4v) is 4.36. The number of H-pyrrole nitrogens is 1. The second-order valence-electron chi connectivity index (χ2n) is 6.91. The maximum atomic E-state index is 12.8. The fourth-order valence-electron chi connectivity index (χ4n) is 3.59. The first-order valence-electron chi connectivity index (χ1n) is 9.05. The number of aryl methyl sites for hydroxylation is 1. The Morgan fingerprint density at radius 2 is 2.07 bits per heavy atom. The van der Waals surface area contributed by atoms with Gasteiger partial charge in [0.15, 0.2) is 5.69 Å². The lowest BCUT2D eigenvalue weighted by atomic mass is 10.0. The van der Waals surface area contributed by atoms with Gasteiger partial charge in [0, 0.05) is 54.8 Å². The highest BCUT2D eigenvalue weighted by molar-refractivity contribution is 7.13. The largest absolute Gasteiger partial charge is 0.348 e. The van der Waals surface area contributed by atoms with Crippen molar-refractivity contribution in [2.75, 3.05) is 19.6 Å². The van der Waals surface area contributed by atoms with E-state index in [4.69, 9.17) is 0 Å². The van der Waals surface area contributed by atoms with Crippen LogP contribution in [-0.2, 0) is 13.0 Å². The number of hydrogen-bond acceptors (Lipinski definition) is 5. The van der Waals surface area contributed by atoms with Crippen molar-refractivity contribution in [2.45, 2.75) is 38.8 Å². The summed E-state index contributed by atoms with van der Waals surface area (Å²) in [5.74, 6) is -0.0230. The van der Waals surface area contributed by atoms with Crippen LogP contribution in [0.2, 0.25) is 0 Å². The van der Waals surface area contributed by atoms with E-state index in [1.165, 1.54) is 11.3 Å². The first kappa shape index (κ1) is 19.9. The van der Waals surface area contributed by atoms with Gasteiger partial charge in [-0.15, -0.1) is 23.7 Å². The van der Waals surface area contributed by atoms with Gasteiger partial charge < -0.3 is 15.5 Å². The molecule has 9 heteroatoms. The molecule has 2 amide bonds. The lowest BCUT2D eigenvalue weighted by molar-refractivity contribution is 0.0691. The molecule has 0 aliphatic carbocycles. The van der Waals surface area contributed by atoms with Gasteiger partial charge in [0.2, 0.25) is 0 Å². The van der Waals surface area contributed by atoms with Crippen LogP contribution in [0.5, 0.6) is 0 Å². The van der Waals surface area contributed by atoms with Gasteiger partial charge in [-0.3, -0.25) is 14.7 Å². The molecule has 0 radical (unpaired) electrons. The number of aromatic nitrogens is 2. The van der Waals surface area contributed by atoms with E-state index in [9.17, 15) is 9.59 Å². The van der Waals surface area contributed by atoms with E-state index in [-0.39, 0.29) is 30.3 Å². The number of fused-ring (bicyclic) bond motifs is 1. The molecule has 4 heterocycles. The van der Waals surface area contributed by atoms with Gasteiger partial charge in [0.05, 0.1) is 4.88 Å². The second-order valence-corrected chi connectivity index (χ2v) is 8.19. The fraction of sp³-hybridized carbons (Fsp3) is 0.500.